The molecule has 0 saturated carbocycles. The van der Waals surface area contributed by atoms with Crippen molar-refractivity contribution in [1.82, 2.24) is 24.9 Å². The van der Waals surface area contributed by atoms with E-state index >= 15 is 0 Å². The van der Waals surface area contributed by atoms with Crippen LogP contribution in [0.3, 0.4) is 0 Å². The van der Waals surface area contributed by atoms with Gasteiger partial charge in [0.2, 0.25) is 0 Å². The van der Waals surface area contributed by atoms with Crippen molar-refractivity contribution in [1.29, 1.82) is 0 Å². The number of halogens is 1. The second kappa shape index (κ2) is 9.76. The minimum absolute atomic E-state index is 0.0301. The van der Waals surface area contributed by atoms with Gasteiger partial charge in [0.05, 0.1) is 22.9 Å². The van der Waals surface area contributed by atoms with Crippen molar-refractivity contribution in [3.8, 4) is 0 Å². The number of aromatic nitrogens is 2. The van der Waals surface area contributed by atoms with Gasteiger partial charge in [-0.3, -0.25) is 9.48 Å². The van der Waals surface area contributed by atoms with Gasteiger partial charge in [0.15, 0.2) is 0 Å². The van der Waals surface area contributed by atoms with Crippen LogP contribution in [0.25, 0.3) is 0 Å². The van der Waals surface area contributed by atoms with Crippen LogP contribution in [0.4, 0.5) is 10.5 Å². The predicted octanol–water partition coefficient (Wildman–Crippen LogP) is 2.98. The topological polar surface area (TPSA) is 82.5 Å². The molecule has 0 aliphatic heterocycles. The quantitative estimate of drug-likeness (QED) is 0.721. The van der Waals surface area contributed by atoms with Crippen molar-refractivity contribution < 1.29 is 9.59 Å². The first-order chi connectivity index (χ1) is 13.6. The Morgan fingerprint density at radius 2 is 1.93 bits per heavy atom. The molecule has 1 atom stereocenters. The molecule has 0 aliphatic rings. The molecule has 1 aromatic carbocycles. The van der Waals surface area contributed by atoms with E-state index in [1.165, 1.54) is 0 Å². The van der Waals surface area contributed by atoms with Gasteiger partial charge in [0.25, 0.3) is 5.91 Å². The Morgan fingerprint density at radius 1 is 1.24 bits per heavy atom. The number of carbonyl (C=O) groups excluding carboxylic acids is 2. The number of nitrogens with one attached hydrogen (secondary N) is 2. The molecule has 2 N–H and O–H groups in total. The van der Waals surface area contributed by atoms with Gasteiger partial charge < -0.3 is 20.4 Å². The minimum atomic E-state index is -0.399. The Labute approximate surface area is 176 Å². The number of rotatable bonds is 7. The Balaban J connectivity index is 2.06. The maximum Gasteiger partial charge on any atom is 0.319 e. The SMILES string of the molecule is CC(C)N(C)C(=O)c1ccc(Cl)c(NC(=O)NCC(c2cnn(C)c2)N(C)C)c1. The summed E-state index contributed by atoms with van der Waals surface area (Å²) in [5, 5.41) is 10.1. The zero-order valence-corrected chi connectivity index (χ0v) is 18.5. The van der Waals surface area contributed by atoms with Gasteiger partial charge in [-0.05, 0) is 46.1 Å². The lowest BCUT2D eigenvalue weighted by atomic mass is 10.1. The third-order valence-corrected chi connectivity index (χ3v) is 5.07. The Hall–Kier alpha value is -2.58. The number of benzene rings is 1. The number of amides is 3. The summed E-state index contributed by atoms with van der Waals surface area (Å²) >= 11 is 6.21. The van der Waals surface area contributed by atoms with Gasteiger partial charge >= 0.3 is 6.03 Å². The molecule has 0 spiro atoms. The fraction of sp³-hybridized carbons (Fsp3) is 0.450. The van der Waals surface area contributed by atoms with Crippen LogP contribution < -0.4 is 10.6 Å². The minimum Gasteiger partial charge on any atom is -0.339 e. The lowest BCUT2D eigenvalue weighted by Crippen LogP contribution is -2.37. The zero-order valence-electron chi connectivity index (χ0n) is 17.7. The maximum atomic E-state index is 12.5. The second-order valence-electron chi connectivity index (χ2n) is 7.47. The lowest BCUT2D eigenvalue weighted by Gasteiger charge is -2.24. The molecule has 0 bridgehead atoms. The van der Waals surface area contributed by atoms with Crippen LogP contribution in [0.15, 0.2) is 30.6 Å². The number of carbonyl (C=O) groups is 2. The molecule has 0 fully saturated rings. The van der Waals surface area contributed by atoms with Crippen LogP contribution in [-0.2, 0) is 7.05 Å². The van der Waals surface area contributed by atoms with Crippen LogP contribution in [0.1, 0.15) is 35.8 Å². The smallest absolute Gasteiger partial charge is 0.319 e. The summed E-state index contributed by atoms with van der Waals surface area (Å²) in [5.74, 6) is -0.135. The standard InChI is InChI=1S/C20H29ClN6O2/c1-13(2)27(6)19(28)14-7-8-16(21)17(9-14)24-20(29)22-11-18(25(3)4)15-10-23-26(5)12-15/h7-10,12-13,18H,11H2,1-6H3,(H2,22,24,29). The molecule has 3 amide bonds. The summed E-state index contributed by atoms with van der Waals surface area (Å²) in [7, 11) is 7.47. The molecule has 1 heterocycles. The molecule has 1 unspecified atom stereocenters. The highest BCUT2D eigenvalue weighted by Gasteiger charge is 2.19. The molecule has 1 aromatic heterocycles. The lowest BCUT2D eigenvalue weighted by molar-refractivity contribution is 0.0755. The summed E-state index contributed by atoms with van der Waals surface area (Å²) < 4.78 is 1.72. The molecule has 2 rings (SSSR count). The Bertz CT molecular complexity index is 864. The van der Waals surface area contributed by atoms with Crippen LogP contribution in [0, 0.1) is 0 Å². The van der Waals surface area contributed by atoms with Crippen LogP contribution in [-0.4, -0.2) is 65.2 Å². The van der Waals surface area contributed by atoms with Gasteiger partial charge in [-0.1, -0.05) is 11.6 Å². The maximum absolute atomic E-state index is 12.5. The number of hydrogen-bond donors (Lipinski definition) is 2. The molecule has 0 saturated heterocycles. The predicted molar refractivity (Wildman–Crippen MR) is 115 cm³/mol. The second-order valence-corrected chi connectivity index (χ2v) is 7.87. The van der Waals surface area contributed by atoms with E-state index in [0.717, 1.165) is 5.56 Å². The van der Waals surface area contributed by atoms with Gasteiger partial charge in [-0.25, -0.2) is 4.79 Å². The molecule has 0 aliphatic carbocycles. The van der Waals surface area contributed by atoms with Crippen molar-refractivity contribution in [3.05, 3.63) is 46.7 Å². The van der Waals surface area contributed by atoms with E-state index in [-0.39, 0.29) is 18.0 Å². The third kappa shape index (κ3) is 5.95. The number of anilines is 1. The molecule has 9 heteroatoms. The summed E-state index contributed by atoms with van der Waals surface area (Å²) in [6.07, 6.45) is 3.70. The first kappa shape index (κ1) is 22.7. The average molecular weight is 421 g/mol. The van der Waals surface area contributed by atoms with E-state index in [4.69, 9.17) is 11.6 Å². The van der Waals surface area contributed by atoms with E-state index in [1.807, 2.05) is 46.1 Å². The van der Waals surface area contributed by atoms with Crippen molar-refractivity contribution in [2.45, 2.75) is 25.9 Å². The van der Waals surface area contributed by atoms with Gasteiger partial charge in [-0.15, -0.1) is 0 Å². The number of likely N-dealkylation sites (N-methyl/N-ethyl adjacent to an activating group) is 1. The van der Waals surface area contributed by atoms with E-state index in [0.29, 0.717) is 22.8 Å². The Kier molecular flexibility index (Phi) is 7.64. The fourth-order valence-electron chi connectivity index (χ4n) is 2.76. The molecular formula is C20H29ClN6O2. The molecular weight excluding hydrogens is 392 g/mol. The summed E-state index contributed by atoms with van der Waals surface area (Å²) in [5.41, 5.74) is 1.84. The summed E-state index contributed by atoms with van der Waals surface area (Å²) in [6, 6.07) is 4.48. The fourth-order valence-corrected chi connectivity index (χ4v) is 2.92. The average Bonchev–Trinajstić information content (AvgIpc) is 3.08. The number of hydrogen-bond acceptors (Lipinski definition) is 4. The van der Waals surface area contributed by atoms with Crippen molar-refractivity contribution in [2.75, 3.05) is 33.0 Å². The molecule has 158 valence electrons. The largest absolute Gasteiger partial charge is 0.339 e. The highest BCUT2D eigenvalue weighted by molar-refractivity contribution is 6.33. The Morgan fingerprint density at radius 3 is 2.48 bits per heavy atom. The first-order valence-electron chi connectivity index (χ1n) is 9.36. The monoisotopic (exact) mass is 420 g/mol. The highest BCUT2D eigenvalue weighted by Crippen LogP contribution is 2.24. The van der Waals surface area contributed by atoms with Crippen LogP contribution in [0.2, 0.25) is 5.02 Å². The van der Waals surface area contributed by atoms with Gasteiger partial charge in [0, 0.05) is 44.0 Å². The van der Waals surface area contributed by atoms with Gasteiger partial charge in [-0.2, -0.15) is 5.10 Å². The summed E-state index contributed by atoms with van der Waals surface area (Å²) in [6.45, 7) is 4.25. The molecule has 0 radical (unpaired) electrons. The first-order valence-corrected chi connectivity index (χ1v) is 9.74. The molecule has 8 nitrogen and oxygen atoms in total. The zero-order chi connectivity index (χ0) is 21.7. The van der Waals surface area contributed by atoms with E-state index < -0.39 is 6.03 Å². The number of aryl methyl sites for hydroxylation is 1. The van der Waals surface area contributed by atoms with Crippen LogP contribution in [0.5, 0.6) is 0 Å². The van der Waals surface area contributed by atoms with Crippen molar-refractivity contribution in [2.24, 2.45) is 7.05 Å². The van der Waals surface area contributed by atoms with E-state index in [9.17, 15) is 9.59 Å². The number of nitrogens with zero attached hydrogens (tertiary/aromatic N) is 4. The van der Waals surface area contributed by atoms with Crippen molar-refractivity contribution >= 4 is 29.2 Å². The van der Waals surface area contributed by atoms with Crippen molar-refractivity contribution in [3.63, 3.8) is 0 Å². The van der Waals surface area contributed by atoms with E-state index in [1.54, 1.807) is 41.0 Å². The van der Waals surface area contributed by atoms with Gasteiger partial charge in [0.1, 0.15) is 0 Å². The van der Waals surface area contributed by atoms with E-state index in [2.05, 4.69) is 15.7 Å². The van der Waals surface area contributed by atoms with Crippen LogP contribution >= 0.6 is 11.6 Å². The molecule has 2 aromatic rings. The number of urea groups is 1. The molecule has 29 heavy (non-hydrogen) atoms. The normalized spacial score (nSPS) is 12.2. The summed E-state index contributed by atoms with van der Waals surface area (Å²) in [4.78, 5) is 28.6. The third-order valence-electron chi connectivity index (χ3n) is 4.75. The highest BCUT2D eigenvalue weighted by atomic mass is 35.5.